The Labute approximate surface area is 137 Å². The Balaban J connectivity index is 2.01. The molecule has 1 unspecified atom stereocenters. The summed E-state index contributed by atoms with van der Waals surface area (Å²) in [6, 6.07) is 10.6. The Morgan fingerprint density at radius 1 is 1.13 bits per heavy atom. The summed E-state index contributed by atoms with van der Waals surface area (Å²) in [5.74, 6) is 0.00159. The van der Waals surface area contributed by atoms with Crippen LogP contribution in [-0.4, -0.2) is 8.42 Å². The van der Waals surface area contributed by atoms with Crippen LogP contribution >= 0.6 is 0 Å². The number of halogens is 1. The maximum atomic E-state index is 13.4. The third kappa shape index (κ3) is 3.18. The van der Waals surface area contributed by atoms with Gasteiger partial charge in [0.1, 0.15) is 5.82 Å². The fourth-order valence-electron chi connectivity index (χ4n) is 3.48. The Hall–Kier alpha value is -1.68. The fraction of sp³-hybridized carbons (Fsp3) is 0.368. The molecule has 0 fully saturated rings. The lowest BCUT2D eigenvalue weighted by Crippen LogP contribution is -2.11. The van der Waals surface area contributed by atoms with E-state index in [9.17, 15) is 12.8 Å². The molecule has 0 bridgehead atoms. The van der Waals surface area contributed by atoms with Crippen LogP contribution in [0.25, 0.3) is 0 Å². The molecule has 4 heteroatoms. The molecule has 23 heavy (non-hydrogen) atoms. The van der Waals surface area contributed by atoms with Crippen LogP contribution in [0.1, 0.15) is 49.7 Å². The van der Waals surface area contributed by atoms with Gasteiger partial charge < -0.3 is 0 Å². The Morgan fingerprint density at radius 3 is 2.65 bits per heavy atom. The van der Waals surface area contributed by atoms with Crippen molar-refractivity contribution in [3.8, 4) is 0 Å². The quantitative estimate of drug-likeness (QED) is 0.800. The van der Waals surface area contributed by atoms with Crippen molar-refractivity contribution in [2.45, 2.75) is 54.7 Å². The van der Waals surface area contributed by atoms with Gasteiger partial charge in [-0.15, -0.1) is 0 Å². The summed E-state index contributed by atoms with van der Waals surface area (Å²) in [6.45, 7) is 2.18. The average molecular weight is 332 g/mol. The van der Waals surface area contributed by atoms with Gasteiger partial charge >= 0.3 is 0 Å². The van der Waals surface area contributed by atoms with Crippen molar-refractivity contribution in [1.82, 2.24) is 0 Å². The van der Waals surface area contributed by atoms with Crippen LogP contribution in [0, 0.1) is 5.82 Å². The van der Waals surface area contributed by atoms with E-state index < -0.39 is 15.7 Å². The van der Waals surface area contributed by atoms with Crippen LogP contribution in [0.5, 0.6) is 0 Å². The van der Waals surface area contributed by atoms with Crippen LogP contribution in [0.2, 0.25) is 0 Å². The molecule has 0 heterocycles. The molecule has 0 amide bonds. The smallest absolute Gasteiger partial charge is 0.206 e. The zero-order chi connectivity index (χ0) is 16.4. The van der Waals surface area contributed by atoms with Crippen LogP contribution in [-0.2, 0) is 16.3 Å². The molecular formula is C19H21FO2S. The molecule has 122 valence electrons. The van der Waals surface area contributed by atoms with E-state index in [1.165, 1.54) is 30.2 Å². The second-order valence-electron chi connectivity index (χ2n) is 6.20. The van der Waals surface area contributed by atoms with Crippen LogP contribution in [0.15, 0.2) is 52.3 Å². The lowest BCUT2D eigenvalue weighted by atomic mass is 9.81. The van der Waals surface area contributed by atoms with Gasteiger partial charge in [-0.1, -0.05) is 25.5 Å². The van der Waals surface area contributed by atoms with Crippen molar-refractivity contribution >= 4 is 9.84 Å². The Bertz CT molecular complexity index is 812. The van der Waals surface area contributed by atoms with Crippen molar-refractivity contribution < 1.29 is 12.8 Å². The molecule has 2 nitrogen and oxygen atoms in total. The van der Waals surface area contributed by atoms with Gasteiger partial charge in [0.2, 0.25) is 9.84 Å². The molecular weight excluding hydrogens is 311 g/mol. The van der Waals surface area contributed by atoms with E-state index in [1.807, 2.05) is 6.07 Å². The van der Waals surface area contributed by atoms with Gasteiger partial charge in [-0.3, -0.25) is 0 Å². The highest BCUT2D eigenvalue weighted by molar-refractivity contribution is 7.91. The number of sulfone groups is 1. The highest BCUT2D eigenvalue weighted by Crippen LogP contribution is 2.36. The maximum absolute atomic E-state index is 13.4. The van der Waals surface area contributed by atoms with Gasteiger partial charge in [0.05, 0.1) is 9.79 Å². The summed E-state index contributed by atoms with van der Waals surface area (Å²) in [5, 5.41) is 0. The molecule has 0 saturated heterocycles. The molecule has 3 rings (SSSR count). The largest absolute Gasteiger partial charge is 0.219 e. The molecule has 1 aliphatic rings. The first-order valence-corrected chi connectivity index (χ1v) is 9.64. The topological polar surface area (TPSA) is 34.1 Å². The number of benzene rings is 2. The first-order chi connectivity index (χ1) is 11.0. The summed E-state index contributed by atoms with van der Waals surface area (Å²) in [4.78, 5) is 0.275. The maximum Gasteiger partial charge on any atom is 0.206 e. The van der Waals surface area contributed by atoms with E-state index in [0.717, 1.165) is 37.3 Å². The third-order valence-corrected chi connectivity index (χ3v) is 6.36. The second kappa shape index (κ2) is 6.44. The van der Waals surface area contributed by atoms with Gasteiger partial charge in [-0.2, -0.15) is 0 Å². The summed E-state index contributed by atoms with van der Waals surface area (Å²) in [6.07, 6.45) is 5.47. The van der Waals surface area contributed by atoms with Crippen LogP contribution in [0.3, 0.4) is 0 Å². The Kier molecular flexibility index (Phi) is 4.53. The second-order valence-corrected chi connectivity index (χ2v) is 8.15. The van der Waals surface area contributed by atoms with Gasteiger partial charge in [0, 0.05) is 0 Å². The monoisotopic (exact) mass is 332 g/mol. The van der Waals surface area contributed by atoms with E-state index in [-0.39, 0.29) is 9.79 Å². The van der Waals surface area contributed by atoms with E-state index in [2.05, 4.69) is 6.92 Å². The number of rotatable bonds is 4. The van der Waals surface area contributed by atoms with Crippen LogP contribution in [0.4, 0.5) is 4.39 Å². The van der Waals surface area contributed by atoms with Crippen molar-refractivity contribution in [3.05, 3.63) is 59.4 Å². The van der Waals surface area contributed by atoms with E-state index in [4.69, 9.17) is 0 Å². The zero-order valence-electron chi connectivity index (χ0n) is 13.3. The minimum atomic E-state index is -3.66. The fourth-order valence-corrected chi connectivity index (χ4v) is 4.82. The summed E-state index contributed by atoms with van der Waals surface area (Å²) in [5.41, 5.74) is 2.42. The summed E-state index contributed by atoms with van der Waals surface area (Å²) >= 11 is 0. The normalized spacial score (nSPS) is 17.7. The van der Waals surface area contributed by atoms with Gasteiger partial charge in [-0.05, 0) is 73.1 Å². The van der Waals surface area contributed by atoms with Gasteiger partial charge in [0.15, 0.2) is 0 Å². The molecule has 0 aromatic heterocycles. The highest BCUT2D eigenvalue weighted by atomic mass is 32.2. The molecule has 0 spiro atoms. The van der Waals surface area contributed by atoms with Gasteiger partial charge in [-0.25, -0.2) is 12.8 Å². The number of hydrogen-bond acceptors (Lipinski definition) is 2. The molecule has 1 aliphatic carbocycles. The lowest BCUT2D eigenvalue weighted by Gasteiger charge is -2.25. The summed E-state index contributed by atoms with van der Waals surface area (Å²) in [7, 11) is -3.66. The van der Waals surface area contributed by atoms with Crippen molar-refractivity contribution in [3.63, 3.8) is 0 Å². The van der Waals surface area contributed by atoms with E-state index >= 15 is 0 Å². The molecule has 0 saturated carbocycles. The first kappa shape index (κ1) is 16.2. The number of hydrogen-bond donors (Lipinski definition) is 0. The minimum Gasteiger partial charge on any atom is -0.219 e. The number of aryl methyl sites for hydroxylation is 1. The van der Waals surface area contributed by atoms with Crippen molar-refractivity contribution in [1.29, 1.82) is 0 Å². The third-order valence-electron chi connectivity index (χ3n) is 4.61. The van der Waals surface area contributed by atoms with E-state index in [1.54, 1.807) is 12.1 Å². The minimum absolute atomic E-state index is 0.0124. The highest BCUT2D eigenvalue weighted by Gasteiger charge is 2.24. The predicted octanol–water partition coefficient (Wildman–Crippen LogP) is 4.88. The lowest BCUT2D eigenvalue weighted by molar-refractivity contribution is 0.514. The molecule has 2 aromatic carbocycles. The molecule has 1 atom stereocenters. The van der Waals surface area contributed by atoms with Crippen molar-refractivity contribution in [2.75, 3.05) is 0 Å². The molecule has 0 N–H and O–H groups in total. The predicted molar refractivity (Wildman–Crippen MR) is 88.9 cm³/mol. The molecule has 0 aliphatic heterocycles. The zero-order valence-corrected chi connectivity index (χ0v) is 14.1. The molecule has 0 radical (unpaired) electrons. The number of fused-ring (bicyclic) bond motifs is 1. The average Bonchev–Trinajstić information content (AvgIpc) is 2.55. The van der Waals surface area contributed by atoms with Crippen LogP contribution < -0.4 is 0 Å². The Morgan fingerprint density at radius 2 is 1.91 bits per heavy atom. The van der Waals surface area contributed by atoms with Crippen molar-refractivity contribution in [2.24, 2.45) is 0 Å². The molecule has 2 aromatic rings. The standard InChI is InChI=1S/C19H21FO2S/c1-2-5-14-6-3-7-15-12-18(10-11-19(14)15)23(21,22)17-9-4-8-16(20)13-17/h4,8-14H,2-3,5-7H2,1H3. The summed E-state index contributed by atoms with van der Waals surface area (Å²) < 4.78 is 38.8. The first-order valence-electron chi connectivity index (χ1n) is 8.16. The van der Waals surface area contributed by atoms with Gasteiger partial charge in [0.25, 0.3) is 0 Å². The SMILES string of the molecule is CCCC1CCCc2cc(S(=O)(=O)c3cccc(F)c3)ccc21. The van der Waals surface area contributed by atoms with E-state index in [0.29, 0.717) is 5.92 Å².